The number of carbonyl (C=O) groups is 5. The monoisotopic (exact) mass is 414 g/mol. The van der Waals surface area contributed by atoms with Gasteiger partial charge in [-0.25, -0.2) is 0 Å². The highest BCUT2D eigenvalue weighted by Crippen LogP contribution is 2.09. The van der Waals surface area contributed by atoms with Crippen LogP contribution < -0.4 is 21.3 Å². The van der Waals surface area contributed by atoms with Crippen molar-refractivity contribution in [3.05, 3.63) is 0 Å². The second kappa shape index (κ2) is 11.3. The molecule has 4 atom stereocenters. The van der Waals surface area contributed by atoms with Crippen LogP contribution in [0.5, 0.6) is 0 Å². The Morgan fingerprint density at radius 1 is 0.966 bits per heavy atom. The predicted octanol–water partition coefficient (Wildman–Crippen LogP) is -1.18. The molecule has 0 saturated carbocycles. The zero-order valence-corrected chi connectivity index (χ0v) is 16.9. The molecule has 4 unspecified atom stereocenters. The molecular weight excluding hydrogens is 384 g/mol. The maximum absolute atomic E-state index is 12.7. The minimum Gasteiger partial charge on any atom is -0.481 e. The standard InChI is InChI=1S/C18H30N4O7/c1-9(2)7-12(21-15(25)11-5-4-6-19-11)17(27)22-13(8-14(23)24)16(26)20-10(3)18(28)29/h9-13,19H,4-8H2,1-3H3,(H,20,26)(H,21,25)(H,22,27)(H,23,24)(H,28,29). The third kappa shape index (κ3) is 8.46. The number of carboxylic acids is 2. The van der Waals surface area contributed by atoms with Crippen molar-refractivity contribution >= 4 is 29.7 Å². The van der Waals surface area contributed by atoms with Crippen LogP contribution in [-0.4, -0.2) is 70.6 Å². The van der Waals surface area contributed by atoms with Gasteiger partial charge in [-0.1, -0.05) is 13.8 Å². The van der Waals surface area contributed by atoms with Crippen LogP contribution in [0, 0.1) is 5.92 Å². The smallest absolute Gasteiger partial charge is 0.325 e. The molecule has 0 aromatic heterocycles. The first-order valence-electron chi connectivity index (χ1n) is 9.60. The highest BCUT2D eigenvalue weighted by Gasteiger charge is 2.32. The van der Waals surface area contributed by atoms with E-state index in [4.69, 9.17) is 10.2 Å². The molecule has 0 radical (unpaired) electrons. The molecular formula is C18H30N4O7. The van der Waals surface area contributed by atoms with Crippen molar-refractivity contribution < 1.29 is 34.2 Å². The van der Waals surface area contributed by atoms with E-state index in [0.717, 1.165) is 6.42 Å². The van der Waals surface area contributed by atoms with Crippen LogP contribution >= 0.6 is 0 Å². The average molecular weight is 414 g/mol. The van der Waals surface area contributed by atoms with Gasteiger partial charge in [0.05, 0.1) is 12.5 Å². The highest BCUT2D eigenvalue weighted by molar-refractivity contribution is 5.95. The molecule has 1 rings (SSSR count). The van der Waals surface area contributed by atoms with Gasteiger partial charge in [0, 0.05) is 0 Å². The Morgan fingerprint density at radius 3 is 2.07 bits per heavy atom. The molecule has 1 fully saturated rings. The van der Waals surface area contributed by atoms with Crippen LogP contribution in [0.4, 0.5) is 0 Å². The highest BCUT2D eigenvalue weighted by atomic mass is 16.4. The molecule has 1 aliphatic heterocycles. The maximum Gasteiger partial charge on any atom is 0.325 e. The van der Waals surface area contributed by atoms with Gasteiger partial charge >= 0.3 is 11.9 Å². The van der Waals surface area contributed by atoms with E-state index in [0.29, 0.717) is 13.0 Å². The van der Waals surface area contributed by atoms with Gasteiger partial charge in [0.1, 0.15) is 18.1 Å². The third-order valence-corrected chi connectivity index (χ3v) is 4.46. The van der Waals surface area contributed by atoms with Crippen LogP contribution in [0.15, 0.2) is 0 Å². The molecule has 1 aliphatic rings. The normalized spacial score (nSPS) is 19.1. The second-order valence-electron chi connectivity index (χ2n) is 7.57. The van der Waals surface area contributed by atoms with Gasteiger partial charge < -0.3 is 31.5 Å². The van der Waals surface area contributed by atoms with Crippen molar-refractivity contribution in [1.82, 2.24) is 21.3 Å². The Labute approximate surface area is 169 Å². The van der Waals surface area contributed by atoms with E-state index >= 15 is 0 Å². The number of nitrogens with one attached hydrogen (secondary N) is 4. The van der Waals surface area contributed by atoms with Crippen LogP contribution in [0.3, 0.4) is 0 Å². The number of aliphatic carboxylic acids is 2. The Morgan fingerprint density at radius 2 is 1.59 bits per heavy atom. The lowest BCUT2D eigenvalue weighted by Crippen LogP contribution is -2.57. The molecule has 11 heteroatoms. The van der Waals surface area contributed by atoms with Crippen molar-refractivity contribution in [3.63, 3.8) is 0 Å². The largest absolute Gasteiger partial charge is 0.481 e. The predicted molar refractivity (Wildman–Crippen MR) is 102 cm³/mol. The summed E-state index contributed by atoms with van der Waals surface area (Å²) in [4.78, 5) is 59.3. The van der Waals surface area contributed by atoms with E-state index in [1.54, 1.807) is 0 Å². The summed E-state index contributed by atoms with van der Waals surface area (Å²) in [5.74, 6) is -4.55. The third-order valence-electron chi connectivity index (χ3n) is 4.46. The zero-order valence-electron chi connectivity index (χ0n) is 16.9. The quantitative estimate of drug-likeness (QED) is 0.245. The van der Waals surface area contributed by atoms with E-state index in [9.17, 15) is 24.0 Å². The Kier molecular flexibility index (Phi) is 9.53. The van der Waals surface area contributed by atoms with Gasteiger partial charge in [-0.15, -0.1) is 0 Å². The molecule has 0 spiro atoms. The fourth-order valence-corrected chi connectivity index (χ4v) is 2.92. The topological polar surface area (TPSA) is 174 Å². The minimum absolute atomic E-state index is 0.0429. The average Bonchev–Trinajstić information content (AvgIpc) is 3.14. The number of hydrogen-bond acceptors (Lipinski definition) is 6. The Bertz CT molecular complexity index is 632. The molecule has 1 heterocycles. The first-order chi connectivity index (χ1) is 13.5. The molecule has 6 N–H and O–H groups in total. The van der Waals surface area contributed by atoms with E-state index in [2.05, 4.69) is 21.3 Å². The molecule has 0 bridgehead atoms. The Balaban J connectivity index is 2.86. The fraction of sp³-hybridized carbons (Fsp3) is 0.722. The summed E-state index contributed by atoms with van der Waals surface area (Å²) >= 11 is 0. The lowest BCUT2D eigenvalue weighted by atomic mass is 10.0. The fourth-order valence-electron chi connectivity index (χ4n) is 2.92. The van der Waals surface area contributed by atoms with Crippen molar-refractivity contribution in [1.29, 1.82) is 0 Å². The number of carboxylic acid groups (broad SMARTS) is 2. The van der Waals surface area contributed by atoms with Gasteiger partial charge in [0.25, 0.3) is 0 Å². The first kappa shape index (κ1) is 24.3. The lowest BCUT2D eigenvalue weighted by molar-refractivity contribution is -0.143. The molecule has 0 aromatic carbocycles. The molecule has 1 saturated heterocycles. The van der Waals surface area contributed by atoms with Crippen LogP contribution in [0.1, 0.15) is 46.5 Å². The summed E-state index contributed by atoms with van der Waals surface area (Å²) in [6.45, 7) is 5.64. The summed E-state index contributed by atoms with van der Waals surface area (Å²) in [7, 11) is 0. The maximum atomic E-state index is 12.7. The summed E-state index contributed by atoms with van der Waals surface area (Å²) in [6.07, 6.45) is 1.06. The van der Waals surface area contributed by atoms with Crippen molar-refractivity contribution in [2.75, 3.05) is 6.54 Å². The first-order valence-corrected chi connectivity index (χ1v) is 9.60. The van der Waals surface area contributed by atoms with Gasteiger partial charge in [0.15, 0.2) is 0 Å². The number of hydrogen-bond donors (Lipinski definition) is 6. The zero-order chi connectivity index (χ0) is 22.1. The van der Waals surface area contributed by atoms with Gasteiger partial charge in [-0.2, -0.15) is 0 Å². The van der Waals surface area contributed by atoms with Crippen LogP contribution in [-0.2, 0) is 24.0 Å². The van der Waals surface area contributed by atoms with Crippen molar-refractivity contribution in [2.45, 2.75) is 70.6 Å². The molecule has 164 valence electrons. The molecule has 11 nitrogen and oxygen atoms in total. The molecule has 0 aliphatic carbocycles. The lowest BCUT2D eigenvalue weighted by Gasteiger charge is -2.25. The van der Waals surface area contributed by atoms with Gasteiger partial charge in [-0.3, -0.25) is 24.0 Å². The van der Waals surface area contributed by atoms with Crippen molar-refractivity contribution in [2.24, 2.45) is 5.92 Å². The van der Waals surface area contributed by atoms with E-state index in [1.165, 1.54) is 6.92 Å². The summed E-state index contributed by atoms with van der Waals surface area (Å²) < 4.78 is 0. The minimum atomic E-state index is -1.47. The van der Waals surface area contributed by atoms with E-state index in [-0.39, 0.29) is 18.2 Å². The second-order valence-corrected chi connectivity index (χ2v) is 7.57. The molecule has 29 heavy (non-hydrogen) atoms. The van der Waals surface area contributed by atoms with Gasteiger partial charge in [0.2, 0.25) is 17.7 Å². The number of amides is 3. The summed E-state index contributed by atoms with van der Waals surface area (Å²) in [5.41, 5.74) is 0. The molecule has 0 aromatic rings. The van der Waals surface area contributed by atoms with E-state index < -0.39 is 54.3 Å². The number of rotatable bonds is 11. The van der Waals surface area contributed by atoms with Gasteiger partial charge in [-0.05, 0) is 38.6 Å². The van der Waals surface area contributed by atoms with E-state index in [1.807, 2.05) is 13.8 Å². The molecule has 3 amide bonds. The Hall–Kier alpha value is -2.69. The van der Waals surface area contributed by atoms with Crippen LogP contribution in [0.2, 0.25) is 0 Å². The summed E-state index contributed by atoms with van der Waals surface area (Å²) in [5, 5.41) is 28.1. The SMILES string of the molecule is CC(C)CC(NC(=O)C1CCCN1)C(=O)NC(CC(=O)O)C(=O)NC(C)C(=O)O. The van der Waals surface area contributed by atoms with Crippen molar-refractivity contribution in [3.8, 4) is 0 Å². The van der Waals surface area contributed by atoms with Crippen LogP contribution in [0.25, 0.3) is 0 Å². The number of carbonyl (C=O) groups excluding carboxylic acids is 3. The summed E-state index contributed by atoms with van der Waals surface area (Å²) in [6, 6.07) is -4.08.